The fraction of sp³-hybridized carbons (Fsp3) is 0.135. The molecule has 0 aromatic heterocycles. The number of benzene rings is 5. The molecule has 0 aliphatic rings. The minimum absolute atomic E-state index is 0. The van der Waals surface area contributed by atoms with Gasteiger partial charge in [0.1, 0.15) is 28.9 Å². The van der Waals surface area contributed by atoms with Crippen LogP contribution >= 0.6 is 7.26 Å². The molecule has 0 saturated carbocycles. The van der Waals surface area contributed by atoms with Crippen molar-refractivity contribution in [3.63, 3.8) is 0 Å². The molecule has 0 bridgehead atoms. The Bertz CT molecular complexity index is 1790. The van der Waals surface area contributed by atoms with Crippen molar-refractivity contribution in [2.75, 3.05) is 26.5 Å². The van der Waals surface area contributed by atoms with Crippen molar-refractivity contribution in [1.29, 1.82) is 0 Å². The zero-order valence-corrected chi connectivity index (χ0v) is 30.1. The Hall–Kier alpha value is -4.01. The van der Waals surface area contributed by atoms with Gasteiger partial charge in [0, 0.05) is 19.2 Å². The van der Waals surface area contributed by atoms with E-state index in [0.717, 1.165) is 16.3 Å². The maximum atomic E-state index is 6.44. The number of rotatable bonds is 12. The number of nitrogens with one attached hydrogen (secondary N) is 2. The number of ether oxygens (including phenoxy) is 1. The third-order valence-electron chi connectivity index (χ3n) is 7.53. The number of nitrogens with zero attached hydrogens (tertiary/aromatic N) is 4. The standard InChI is InChI=1S/C37H37N6OPS2.Cu/c1-28(35(41-42-36(46)38-2)34-24-14-16-29-15-12-13-23-33(29)34)40-43-37(47)39-25-26-44-27-45(30-17-6-3-7-18-30,31-19-8-4-9-20-31)32-21-10-5-11-22-32;/h3-24H,25-27H2,1-2H3,(H3-,38,39,40,41,42,43,46,47);/q;+2/p-1. The van der Waals surface area contributed by atoms with Crippen LogP contribution in [0, 0.1) is 0 Å². The average Bonchev–Trinajstić information content (AvgIpc) is 3.13. The number of hydrogen-bond donors (Lipinski definition) is 2. The van der Waals surface area contributed by atoms with Crippen LogP contribution in [0.25, 0.3) is 10.8 Å². The summed E-state index contributed by atoms with van der Waals surface area (Å²) in [5, 5.41) is 29.7. The van der Waals surface area contributed by atoms with Crippen molar-refractivity contribution in [2.45, 2.75) is 6.92 Å². The molecule has 0 unspecified atom stereocenters. The molecular weight excluding hydrogens is 703 g/mol. The van der Waals surface area contributed by atoms with Crippen LogP contribution in [0.5, 0.6) is 0 Å². The van der Waals surface area contributed by atoms with Crippen molar-refractivity contribution >= 4 is 81.0 Å². The minimum Gasteiger partial charge on any atom is -0.741 e. The topological polar surface area (TPSA) is 82.7 Å². The van der Waals surface area contributed by atoms with E-state index in [1.165, 1.54) is 15.9 Å². The van der Waals surface area contributed by atoms with E-state index in [1.54, 1.807) is 7.05 Å². The van der Waals surface area contributed by atoms with Crippen molar-refractivity contribution < 1.29 is 21.8 Å². The smallest absolute Gasteiger partial charge is 0.741 e. The van der Waals surface area contributed by atoms with Crippen LogP contribution < -0.4 is 26.5 Å². The molecule has 0 saturated heterocycles. The molecule has 0 aliphatic carbocycles. The molecule has 11 heteroatoms. The Morgan fingerprint density at radius 2 is 1.17 bits per heavy atom. The number of amidine groups is 2. The second-order valence-electron chi connectivity index (χ2n) is 10.5. The molecule has 2 N–H and O–H groups in total. The Labute approximate surface area is 304 Å². The molecule has 0 atom stereocenters. The minimum atomic E-state index is -2.08. The summed E-state index contributed by atoms with van der Waals surface area (Å²) < 4.78 is 6.44. The first-order valence-corrected chi connectivity index (χ1v) is 18.0. The van der Waals surface area contributed by atoms with E-state index in [2.05, 4.69) is 134 Å². The van der Waals surface area contributed by atoms with Crippen LogP contribution in [-0.4, -0.2) is 48.3 Å². The Balaban J connectivity index is 0.00000520. The van der Waals surface area contributed by atoms with Gasteiger partial charge in [-0.25, -0.2) is 0 Å². The van der Waals surface area contributed by atoms with Crippen LogP contribution in [0.15, 0.2) is 154 Å². The maximum Gasteiger partial charge on any atom is 2.00 e. The van der Waals surface area contributed by atoms with Gasteiger partial charge in [0.2, 0.25) is 0 Å². The summed E-state index contributed by atoms with van der Waals surface area (Å²) in [6.07, 6.45) is 0.552. The monoisotopic (exact) mass is 738 g/mol. The van der Waals surface area contributed by atoms with E-state index in [-0.39, 0.29) is 27.4 Å². The van der Waals surface area contributed by atoms with Gasteiger partial charge in [-0.2, -0.15) is 15.3 Å². The molecule has 0 spiro atoms. The fourth-order valence-corrected chi connectivity index (χ4v) is 9.22. The van der Waals surface area contributed by atoms with E-state index in [0.29, 0.717) is 30.9 Å². The van der Waals surface area contributed by atoms with Crippen LogP contribution in [0.1, 0.15) is 12.5 Å². The molecule has 7 nitrogen and oxygen atoms in total. The quantitative estimate of drug-likeness (QED) is 0.0336. The van der Waals surface area contributed by atoms with Gasteiger partial charge in [0.15, 0.2) is 6.35 Å². The van der Waals surface area contributed by atoms with Crippen molar-refractivity contribution in [2.24, 2.45) is 20.4 Å². The predicted octanol–water partition coefficient (Wildman–Crippen LogP) is 5.50. The number of hydrogen-bond acceptors (Lipinski definition) is 7. The molecular formula is C37H36CuN6OPS2+. The normalized spacial score (nSPS) is 12.8. The molecule has 0 amide bonds. The third-order valence-corrected chi connectivity index (χ3v) is 12.2. The van der Waals surface area contributed by atoms with Crippen LogP contribution in [-0.2, 0) is 47.1 Å². The van der Waals surface area contributed by atoms with Gasteiger partial charge in [-0.05, 0) is 64.4 Å². The zero-order valence-electron chi connectivity index (χ0n) is 26.6. The summed E-state index contributed by atoms with van der Waals surface area (Å²) in [6, 6.07) is 46.1. The Morgan fingerprint density at radius 1 is 0.646 bits per heavy atom. The second-order valence-corrected chi connectivity index (χ2v) is 14.7. The summed E-state index contributed by atoms with van der Waals surface area (Å²) in [4.78, 5) is 0. The van der Waals surface area contributed by atoms with Gasteiger partial charge >= 0.3 is 17.1 Å². The van der Waals surface area contributed by atoms with E-state index in [1.807, 2.05) is 37.3 Å². The average molecular weight is 739 g/mol. The zero-order chi connectivity index (χ0) is 32.9. The first-order valence-electron chi connectivity index (χ1n) is 15.2. The van der Waals surface area contributed by atoms with Gasteiger partial charge in [0.05, 0.1) is 12.3 Å². The maximum absolute atomic E-state index is 6.44. The molecule has 247 valence electrons. The van der Waals surface area contributed by atoms with Crippen molar-refractivity contribution in [1.82, 2.24) is 10.6 Å². The van der Waals surface area contributed by atoms with Crippen LogP contribution in [0.3, 0.4) is 0 Å². The first kappa shape index (κ1) is 36.8. The van der Waals surface area contributed by atoms with Crippen LogP contribution in [0.2, 0.25) is 0 Å². The summed E-state index contributed by atoms with van der Waals surface area (Å²) in [6.45, 7) is 2.74. The molecule has 5 aromatic rings. The summed E-state index contributed by atoms with van der Waals surface area (Å²) in [7, 11) is -0.377. The summed E-state index contributed by atoms with van der Waals surface area (Å²) in [5.74, 6) is 0. The Kier molecular flexibility index (Phi) is 14.2. The van der Waals surface area contributed by atoms with Crippen molar-refractivity contribution in [3.8, 4) is 0 Å². The van der Waals surface area contributed by atoms with Gasteiger partial charge in [0.25, 0.3) is 0 Å². The molecule has 5 rings (SSSR count). The van der Waals surface area contributed by atoms with E-state index < -0.39 is 7.26 Å². The molecule has 0 aliphatic heterocycles. The van der Waals surface area contributed by atoms with Gasteiger partial charge in [-0.15, -0.1) is 5.10 Å². The largest absolute Gasteiger partial charge is 2.00 e. The fourth-order valence-electron chi connectivity index (χ4n) is 5.25. The van der Waals surface area contributed by atoms with Gasteiger partial charge < -0.3 is 40.6 Å². The van der Waals surface area contributed by atoms with E-state index in [9.17, 15) is 0 Å². The molecule has 48 heavy (non-hydrogen) atoms. The number of fused-ring (bicyclic) bond motifs is 1. The predicted molar refractivity (Wildman–Crippen MR) is 206 cm³/mol. The SMILES string of the molecule is CN/C([S-])=N/N=C(/C(C)=N/N=C(\[S-])NCCOC[P+](c1ccccc1)(c1ccccc1)c1ccccc1)c1cccc2ccccc12.[Cu+2]. The van der Waals surface area contributed by atoms with Gasteiger partial charge in [-0.3, -0.25) is 0 Å². The molecule has 5 aromatic carbocycles. The van der Waals surface area contributed by atoms with Crippen molar-refractivity contribution in [3.05, 3.63) is 139 Å². The second kappa shape index (κ2) is 18.5. The van der Waals surface area contributed by atoms with Crippen LogP contribution in [0.4, 0.5) is 0 Å². The molecule has 1 radical (unpaired) electrons. The van der Waals surface area contributed by atoms with Gasteiger partial charge in [-0.1, -0.05) is 97.1 Å². The Morgan fingerprint density at radius 3 is 1.75 bits per heavy atom. The third kappa shape index (κ3) is 9.11. The van der Waals surface area contributed by atoms with E-state index >= 15 is 0 Å². The molecule has 0 heterocycles. The summed E-state index contributed by atoms with van der Waals surface area (Å²) in [5.41, 5.74) is 1.97. The first-order chi connectivity index (χ1) is 23.0. The van der Waals surface area contributed by atoms with E-state index in [4.69, 9.17) is 30.0 Å². The molecule has 0 fully saturated rings. The summed E-state index contributed by atoms with van der Waals surface area (Å²) >= 11 is 10.7.